The van der Waals surface area contributed by atoms with Crippen molar-refractivity contribution in [3.63, 3.8) is 0 Å². The zero-order valence-electron chi connectivity index (χ0n) is 18.3. The quantitative estimate of drug-likeness (QED) is 0.342. The molecule has 1 aliphatic rings. The van der Waals surface area contributed by atoms with Crippen LogP contribution in [0.25, 0.3) is 22.1 Å². The van der Waals surface area contributed by atoms with Gasteiger partial charge in [0, 0.05) is 23.1 Å². The van der Waals surface area contributed by atoms with Gasteiger partial charge >= 0.3 is 5.97 Å². The smallest absolute Gasteiger partial charge is 0.312 e. The minimum Gasteiger partial charge on any atom is -0.507 e. The fraction of sp³-hybridized carbons (Fsp3) is 0.154. The molecule has 5 rings (SSSR count). The molecule has 0 saturated carbocycles. The second kappa shape index (κ2) is 8.15. The second-order valence-electron chi connectivity index (χ2n) is 7.85. The van der Waals surface area contributed by atoms with Gasteiger partial charge < -0.3 is 28.8 Å². The molecule has 8 heteroatoms. The molecule has 0 spiro atoms. The SMILES string of the molecule is COc1cc([C@@H]2CC(=O)Oc3cc(O)c4c(=O)c(-c5ccccc5OC)coc4c32)ccc1O. The number of benzene rings is 3. The summed E-state index contributed by atoms with van der Waals surface area (Å²) in [4.78, 5) is 25.9. The summed E-state index contributed by atoms with van der Waals surface area (Å²) >= 11 is 0. The van der Waals surface area contributed by atoms with Crippen molar-refractivity contribution in [2.75, 3.05) is 14.2 Å². The Morgan fingerprint density at radius 3 is 2.44 bits per heavy atom. The van der Waals surface area contributed by atoms with E-state index in [-0.39, 0.29) is 46.0 Å². The molecule has 1 aliphatic heterocycles. The van der Waals surface area contributed by atoms with Crippen LogP contribution in [0.1, 0.15) is 23.5 Å². The highest BCUT2D eigenvalue weighted by atomic mass is 16.5. The molecular weight excluding hydrogens is 440 g/mol. The van der Waals surface area contributed by atoms with Gasteiger partial charge in [0.2, 0.25) is 5.43 Å². The van der Waals surface area contributed by atoms with Gasteiger partial charge in [-0.15, -0.1) is 0 Å². The summed E-state index contributed by atoms with van der Waals surface area (Å²) in [6.07, 6.45) is 1.28. The fourth-order valence-electron chi connectivity index (χ4n) is 4.38. The molecule has 2 N–H and O–H groups in total. The molecule has 1 aromatic heterocycles. The van der Waals surface area contributed by atoms with Gasteiger partial charge in [0.05, 0.1) is 26.2 Å². The standard InChI is InChI=1S/C26H20O8/c1-31-19-6-4-3-5-14(19)16-12-33-26-23-15(13-7-8-17(27)20(9-13)32-2)10-22(29)34-21(23)11-18(28)24(26)25(16)30/h3-9,11-12,15,27-28H,10H2,1-2H3/t15-/m0/s1. The number of carbonyl (C=O) groups is 1. The van der Waals surface area contributed by atoms with Gasteiger partial charge in [0.25, 0.3) is 0 Å². The number of phenolic OH excluding ortho intramolecular Hbond substituents is 2. The van der Waals surface area contributed by atoms with Gasteiger partial charge in [0.1, 0.15) is 34.5 Å². The van der Waals surface area contributed by atoms with Crippen LogP contribution in [-0.2, 0) is 4.79 Å². The van der Waals surface area contributed by atoms with E-state index in [2.05, 4.69) is 0 Å². The number of para-hydroxylation sites is 1. The average Bonchev–Trinajstić information content (AvgIpc) is 2.83. The molecule has 8 nitrogen and oxygen atoms in total. The number of aromatic hydroxyl groups is 2. The van der Waals surface area contributed by atoms with Gasteiger partial charge in [0.15, 0.2) is 11.5 Å². The Hall–Kier alpha value is -4.46. The van der Waals surface area contributed by atoms with E-state index in [0.29, 0.717) is 22.4 Å². The summed E-state index contributed by atoms with van der Waals surface area (Å²) in [7, 11) is 2.92. The van der Waals surface area contributed by atoms with Crippen molar-refractivity contribution in [3.8, 4) is 39.9 Å². The molecular formula is C26H20O8. The van der Waals surface area contributed by atoms with E-state index in [0.717, 1.165) is 0 Å². The maximum absolute atomic E-state index is 13.5. The van der Waals surface area contributed by atoms with Gasteiger partial charge in [-0.2, -0.15) is 0 Å². The van der Waals surface area contributed by atoms with E-state index >= 15 is 0 Å². The lowest BCUT2D eigenvalue weighted by molar-refractivity contribution is -0.135. The molecule has 0 amide bonds. The molecule has 34 heavy (non-hydrogen) atoms. The highest BCUT2D eigenvalue weighted by Crippen LogP contribution is 2.47. The van der Waals surface area contributed by atoms with Crippen LogP contribution in [0.3, 0.4) is 0 Å². The first kappa shape index (κ1) is 21.4. The lowest BCUT2D eigenvalue weighted by atomic mass is 9.84. The summed E-state index contributed by atoms with van der Waals surface area (Å²) in [6.45, 7) is 0. The minimum atomic E-state index is -0.561. The van der Waals surface area contributed by atoms with Crippen molar-refractivity contribution in [1.29, 1.82) is 0 Å². The number of carbonyl (C=O) groups excluding carboxylic acids is 1. The van der Waals surface area contributed by atoms with Crippen LogP contribution in [0.15, 0.2) is 64.0 Å². The first-order valence-electron chi connectivity index (χ1n) is 10.4. The van der Waals surface area contributed by atoms with Gasteiger partial charge in [-0.3, -0.25) is 9.59 Å². The normalized spacial score (nSPS) is 15.0. The maximum atomic E-state index is 13.5. The lowest BCUT2D eigenvalue weighted by Gasteiger charge is -2.26. The molecule has 2 heterocycles. The van der Waals surface area contributed by atoms with Gasteiger partial charge in [-0.05, 0) is 23.8 Å². The Bertz CT molecular complexity index is 1500. The van der Waals surface area contributed by atoms with Crippen LogP contribution in [-0.4, -0.2) is 30.4 Å². The van der Waals surface area contributed by atoms with Crippen LogP contribution >= 0.6 is 0 Å². The molecule has 1 atom stereocenters. The summed E-state index contributed by atoms with van der Waals surface area (Å²) < 4.78 is 21.9. The van der Waals surface area contributed by atoms with Crippen molar-refractivity contribution in [2.24, 2.45) is 0 Å². The molecule has 0 fully saturated rings. The van der Waals surface area contributed by atoms with Crippen molar-refractivity contribution < 1.29 is 33.6 Å². The Kier molecular flexibility index (Phi) is 5.13. The van der Waals surface area contributed by atoms with E-state index in [1.54, 1.807) is 36.4 Å². The molecule has 0 aliphatic carbocycles. The molecule has 4 aromatic rings. The highest BCUT2D eigenvalue weighted by molar-refractivity contribution is 5.94. The summed E-state index contributed by atoms with van der Waals surface area (Å²) in [6, 6.07) is 13.0. The number of fused-ring (bicyclic) bond motifs is 3. The Balaban J connectivity index is 1.78. The Morgan fingerprint density at radius 1 is 0.912 bits per heavy atom. The lowest BCUT2D eigenvalue weighted by Crippen LogP contribution is -2.22. The van der Waals surface area contributed by atoms with Crippen molar-refractivity contribution in [1.82, 2.24) is 0 Å². The molecule has 0 saturated heterocycles. The van der Waals surface area contributed by atoms with E-state index in [9.17, 15) is 19.8 Å². The zero-order valence-corrected chi connectivity index (χ0v) is 18.3. The number of rotatable bonds is 4. The third-order valence-electron chi connectivity index (χ3n) is 5.97. The topological polar surface area (TPSA) is 115 Å². The molecule has 0 bridgehead atoms. The fourth-order valence-corrected chi connectivity index (χ4v) is 4.38. The molecule has 3 aromatic carbocycles. The number of esters is 1. The zero-order chi connectivity index (χ0) is 24.0. The van der Waals surface area contributed by atoms with E-state index in [4.69, 9.17) is 18.6 Å². The third kappa shape index (κ3) is 3.31. The third-order valence-corrected chi connectivity index (χ3v) is 5.97. The van der Waals surface area contributed by atoms with Crippen LogP contribution < -0.4 is 19.6 Å². The average molecular weight is 460 g/mol. The predicted molar refractivity (Wildman–Crippen MR) is 123 cm³/mol. The van der Waals surface area contributed by atoms with Gasteiger partial charge in [-0.1, -0.05) is 24.3 Å². The van der Waals surface area contributed by atoms with Crippen LogP contribution in [0.2, 0.25) is 0 Å². The van der Waals surface area contributed by atoms with E-state index in [1.165, 1.54) is 32.6 Å². The number of ether oxygens (including phenoxy) is 3. The number of hydrogen-bond acceptors (Lipinski definition) is 8. The highest BCUT2D eigenvalue weighted by Gasteiger charge is 2.34. The maximum Gasteiger partial charge on any atom is 0.312 e. The summed E-state index contributed by atoms with van der Waals surface area (Å²) in [5.74, 6) is -0.656. The minimum absolute atomic E-state index is 0.0290. The number of methoxy groups -OCH3 is 2. The summed E-state index contributed by atoms with van der Waals surface area (Å²) in [5.41, 5.74) is 1.49. The first-order chi connectivity index (χ1) is 16.4. The van der Waals surface area contributed by atoms with Crippen LogP contribution in [0.5, 0.6) is 28.7 Å². The Labute approximate surface area is 193 Å². The van der Waals surface area contributed by atoms with Crippen molar-refractivity contribution in [3.05, 3.63) is 76.1 Å². The largest absolute Gasteiger partial charge is 0.507 e. The first-order valence-corrected chi connectivity index (χ1v) is 10.4. The van der Waals surface area contributed by atoms with Crippen LogP contribution in [0, 0.1) is 0 Å². The van der Waals surface area contributed by atoms with Crippen molar-refractivity contribution >= 4 is 16.9 Å². The number of hydrogen-bond donors (Lipinski definition) is 2. The summed E-state index contributed by atoms with van der Waals surface area (Å²) in [5, 5.41) is 20.7. The Morgan fingerprint density at radius 2 is 1.68 bits per heavy atom. The van der Waals surface area contributed by atoms with Gasteiger partial charge in [-0.25, -0.2) is 0 Å². The molecule has 0 radical (unpaired) electrons. The molecule has 0 unspecified atom stereocenters. The van der Waals surface area contributed by atoms with E-state index < -0.39 is 17.3 Å². The van der Waals surface area contributed by atoms with E-state index in [1.807, 2.05) is 0 Å². The second-order valence-corrected chi connectivity index (χ2v) is 7.85. The predicted octanol–water partition coefficient (Wildman–Crippen LogP) is 4.33. The van der Waals surface area contributed by atoms with Crippen molar-refractivity contribution in [2.45, 2.75) is 12.3 Å². The van der Waals surface area contributed by atoms with Crippen LogP contribution in [0.4, 0.5) is 0 Å². The number of phenols is 2. The monoisotopic (exact) mass is 460 g/mol. The molecule has 172 valence electrons.